The van der Waals surface area contributed by atoms with E-state index in [-0.39, 0.29) is 23.8 Å². The van der Waals surface area contributed by atoms with Crippen LogP contribution in [0.2, 0.25) is 0 Å². The number of carbonyl (C=O) groups excluding carboxylic acids is 2. The number of benzene rings is 1. The summed E-state index contributed by atoms with van der Waals surface area (Å²) in [5.74, 6) is -1.50. The summed E-state index contributed by atoms with van der Waals surface area (Å²) in [7, 11) is 0. The lowest BCUT2D eigenvalue weighted by molar-refractivity contribution is -0.114. The highest BCUT2D eigenvalue weighted by molar-refractivity contribution is 6.00. The van der Waals surface area contributed by atoms with E-state index in [1.807, 2.05) is 0 Å². The molecular formula is C11H12FNO3. The summed E-state index contributed by atoms with van der Waals surface area (Å²) >= 11 is 0. The summed E-state index contributed by atoms with van der Waals surface area (Å²) in [5, 5.41) is 2.37. The van der Waals surface area contributed by atoms with E-state index in [0.29, 0.717) is 0 Å². The van der Waals surface area contributed by atoms with Crippen molar-refractivity contribution in [3.8, 4) is 0 Å². The molecule has 0 unspecified atom stereocenters. The van der Waals surface area contributed by atoms with Gasteiger partial charge in [-0.2, -0.15) is 0 Å². The van der Waals surface area contributed by atoms with Gasteiger partial charge in [0.2, 0.25) is 5.91 Å². The van der Waals surface area contributed by atoms with Gasteiger partial charge in [0.1, 0.15) is 5.82 Å². The monoisotopic (exact) mass is 225 g/mol. The molecule has 0 aromatic heterocycles. The summed E-state index contributed by atoms with van der Waals surface area (Å²) in [4.78, 5) is 22.3. The molecule has 0 fully saturated rings. The van der Waals surface area contributed by atoms with E-state index >= 15 is 0 Å². The molecule has 0 heterocycles. The third-order valence-corrected chi connectivity index (χ3v) is 1.79. The molecule has 1 rings (SSSR count). The SMILES string of the molecule is CCOC(=O)c1ccc(F)cc1NC(C)=O. The van der Waals surface area contributed by atoms with Crippen molar-refractivity contribution < 1.29 is 18.7 Å². The van der Waals surface area contributed by atoms with E-state index in [1.165, 1.54) is 13.0 Å². The van der Waals surface area contributed by atoms with E-state index in [0.717, 1.165) is 12.1 Å². The molecule has 0 aliphatic rings. The van der Waals surface area contributed by atoms with Gasteiger partial charge in [0.25, 0.3) is 0 Å². The van der Waals surface area contributed by atoms with E-state index in [2.05, 4.69) is 5.32 Å². The lowest BCUT2D eigenvalue weighted by Crippen LogP contribution is -2.13. The fourth-order valence-electron chi connectivity index (χ4n) is 1.20. The zero-order valence-corrected chi connectivity index (χ0v) is 9.04. The number of nitrogens with one attached hydrogen (secondary N) is 1. The van der Waals surface area contributed by atoms with Gasteiger partial charge in [-0.05, 0) is 25.1 Å². The zero-order chi connectivity index (χ0) is 12.1. The molecule has 0 saturated heterocycles. The van der Waals surface area contributed by atoms with Crippen LogP contribution in [0, 0.1) is 5.82 Å². The van der Waals surface area contributed by atoms with E-state index in [4.69, 9.17) is 4.74 Å². The third kappa shape index (κ3) is 3.05. The number of carbonyl (C=O) groups is 2. The molecular weight excluding hydrogens is 213 g/mol. The summed E-state index contributed by atoms with van der Waals surface area (Å²) in [6.45, 7) is 3.16. The molecule has 1 aromatic carbocycles. The Morgan fingerprint density at radius 3 is 2.69 bits per heavy atom. The summed E-state index contributed by atoms with van der Waals surface area (Å²) in [6.07, 6.45) is 0. The predicted molar refractivity (Wildman–Crippen MR) is 56.7 cm³/mol. The lowest BCUT2D eigenvalue weighted by Gasteiger charge is -2.08. The van der Waals surface area contributed by atoms with Crippen LogP contribution < -0.4 is 5.32 Å². The maximum atomic E-state index is 12.9. The Hall–Kier alpha value is -1.91. The lowest BCUT2D eigenvalue weighted by atomic mass is 10.1. The van der Waals surface area contributed by atoms with Crippen molar-refractivity contribution in [2.24, 2.45) is 0 Å². The molecule has 0 saturated carbocycles. The predicted octanol–water partition coefficient (Wildman–Crippen LogP) is 1.96. The molecule has 0 radical (unpaired) electrons. The van der Waals surface area contributed by atoms with Gasteiger partial charge in [-0.3, -0.25) is 4.79 Å². The topological polar surface area (TPSA) is 55.4 Å². The smallest absolute Gasteiger partial charge is 0.340 e. The van der Waals surface area contributed by atoms with Crippen molar-refractivity contribution in [2.75, 3.05) is 11.9 Å². The number of ether oxygens (including phenoxy) is 1. The largest absolute Gasteiger partial charge is 0.462 e. The van der Waals surface area contributed by atoms with Gasteiger partial charge in [-0.15, -0.1) is 0 Å². The molecule has 5 heteroatoms. The zero-order valence-electron chi connectivity index (χ0n) is 9.04. The molecule has 0 spiro atoms. The highest BCUT2D eigenvalue weighted by atomic mass is 19.1. The number of amides is 1. The molecule has 1 N–H and O–H groups in total. The first-order chi connectivity index (χ1) is 7.54. The normalized spacial score (nSPS) is 9.69. The van der Waals surface area contributed by atoms with Crippen LogP contribution in [0.5, 0.6) is 0 Å². The third-order valence-electron chi connectivity index (χ3n) is 1.79. The Morgan fingerprint density at radius 1 is 1.44 bits per heavy atom. The van der Waals surface area contributed by atoms with Crippen molar-refractivity contribution in [3.05, 3.63) is 29.6 Å². The number of anilines is 1. The van der Waals surface area contributed by atoms with Gasteiger partial charge in [0.15, 0.2) is 0 Å². The van der Waals surface area contributed by atoms with Gasteiger partial charge in [-0.25, -0.2) is 9.18 Å². The number of hydrogen-bond donors (Lipinski definition) is 1. The average molecular weight is 225 g/mol. The van der Waals surface area contributed by atoms with Gasteiger partial charge in [0, 0.05) is 6.92 Å². The number of hydrogen-bond acceptors (Lipinski definition) is 3. The minimum Gasteiger partial charge on any atom is -0.462 e. The molecule has 4 nitrogen and oxygen atoms in total. The Labute approximate surface area is 92.4 Å². The summed E-state index contributed by atoms with van der Waals surface area (Å²) in [6, 6.07) is 3.49. The average Bonchev–Trinajstić information content (AvgIpc) is 2.16. The van der Waals surface area contributed by atoms with Crippen molar-refractivity contribution in [2.45, 2.75) is 13.8 Å². The van der Waals surface area contributed by atoms with Crippen LogP contribution in [0.15, 0.2) is 18.2 Å². The van der Waals surface area contributed by atoms with Crippen molar-refractivity contribution in [1.29, 1.82) is 0 Å². The standard InChI is InChI=1S/C11H12FNO3/c1-3-16-11(15)9-5-4-8(12)6-10(9)13-7(2)14/h4-6H,3H2,1-2H3,(H,13,14). The number of rotatable bonds is 3. The van der Waals surface area contributed by atoms with E-state index in [9.17, 15) is 14.0 Å². The van der Waals surface area contributed by atoms with Crippen molar-refractivity contribution in [1.82, 2.24) is 0 Å². The number of halogens is 1. The molecule has 16 heavy (non-hydrogen) atoms. The van der Waals surface area contributed by atoms with E-state index in [1.54, 1.807) is 6.92 Å². The molecule has 0 atom stereocenters. The summed E-state index contributed by atoms with van der Waals surface area (Å²) in [5.41, 5.74) is 0.254. The van der Waals surface area contributed by atoms with Crippen LogP contribution in [-0.4, -0.2) is 18.5 Å². The molecule has 86 valence electrons. The van der Waals surface area contributed by atoms with Gasteiger partial charge in [-0.1, -0.05) is 0 Å². The first-order valence-electron chi connectivity index (χ1n) is 4.79. The fourth-order valence-corrected chi connectivity index (χ4v) is 1.20. The first kappa shape index (κ1) is 12.2. The maximum Gasteiger partial charge on any atom is 0.340 e. The molecule has 0 aliphatic carbocycles. The summed E-state index contributed by atoms with van der Waals surface area (Å²) < 4.78 is 17.7. The van der Waals surface area contributed by atoms with Crippen molar-refractivity contribution in [3.63, 3.8) is 0 Å². The molecule has 1 aromatic rings. The Balaban J connectivity index is 3.06. The minimum atomic E-state index is -0.591. The van der Waals surface area contributed by atoms with Crippen LogP contribution in [0.4, 0.5) is 10.1 Å². The second-order valence-electron chi connectivity index (χ2n) is 3.09. The first-order valence-corrected chi connectivity index (χ1v) is 4.79. The fraction of sp³-hybridized carbons (Fsp3) is 0.273. The maximum absolute atomic E-state index is 12.9. The van der Waals surface area contributed by atoms with Crippen LogP contribution in [0.1, 0.15) is 24.2 Å². The second kappa shape index (κ2) is 5.25. The van der Waals surface area contributed by atoms with E-state index < -0.39 is 11.8 Å². The van der Waals surface area contributed by atoms with Crippen molar-refractivity contribution >= 4 is 17.6 Å². The molecule has 0 bridgehead atoms. The Morgan fingerprint density at radius 2 is 2.12 bits per heavy atom. The van der Waals surface area contributed by atoms with Gasteiger partial charge in [0.05, 0.1) is 17.9 Å². The van der Waals surface area contributed by atoms with Gasteiger partial charge >= 0.3 is 5.97 Å². The highest BCUT2D eigenvalue weighted by Crippen LogP contribution is 2.18. The van der Waals surface area contributed by atoms with Crippen LogP contribution >= 0.6 is 0 Å². The highest BCUT2D eigenvalue weighted by Gasteiger charge is 2.13. The molecule has 0 aliphatic heterocycles. The number of esters is 1. The second-order valence-corrected chi connectivity index (χ2v) is 3.09. The van der Waals surface area contributed by atoms with Crippen LogP contribution in [-0.2, 0) is 9.53 Å². The molecule has 1 amide bonds. The Bertz CT molecular complexity index is 418. The van der Waals surface area contributed by atoms with Crippen LogP contribution in [0.3, 0.4) is 0 Å². The quantitative estimate of drug-likeness (QED) is 0.800. The van der Waals surface area contributed by atoms with Crippen LogP contribution in [0.25, 0.3) is 0 Å². The minimum absolute atomic E-state index is 0.117. The Kier molecular flexibility index (Phi) is 3.99. The van der Waals surface area contributed by atoms with Gasteiger partial charge < -0.3 is 10.1 Å².